The third kappa shape index (κ3) is 3.36. The van der Waals surface area contributed by atoms with Crippen molar-refractivity contribution < 1.29 is 4.74 Å². The van der Waals surface area contributed by atoms with E-state index in [1.165, 1.54) is 6.42 Å². The third-order valence-electron chi connectivity index (χ3n) is 3.32. The number of nitrogens with one attached hydrogen (secondary N) is 1. The fraction of sp³-hybridized carbons (Fsp3) is 0.571. The third-order valence-corrected chi connectivity index (χ3v) is 3.56. The van der Waals surface area contributed by atoms with Crippen molar-refractivity contribution in [1.82, 2.24) is 5.32 Å². The van der Waals surface area contributed by atoms with Crippen molar-refractivity contribution in [2.75, 3.05) is 6.54 Å². The Bertz CT molecular complexity index is 380. The first-order valence-corrected chi connectivity index (χ1v) is 6.73. The van der Waals surface area contributed by atoms with Gasteiger partial charge in [-0.15, -0.1) is 0 Å². The van der Waals surface area contributed by atoms with E-state index >= 15 is 0 Å². The van der Waals surface area contributed by atoms with Crippen LogP contribution in [-0.4, -0.2) is 18.7 Å². The van der Waals surface area contributed by atoms with Crippen LogP contribution in [0.5, 0.6) is 5.75 Å². The van der Waals surface area contributed by atoms with Crippen LogP contribution >= 0.6 is 11.6 Å². The topological polar surface area (TPSA) is 21.3 Å². The van der Waals surface area contributed by atoms with Gasteiger partial charge in [-0.25, -0.2) is 0 Å². The van der Waals surface area contributed by atoms with Crippen molar-refractivity contribution in [3.63, 3.8) is 0 Å². The first-order chi connectivity index (χ1) is 8.19. The van der Waals surface area contributed by atoms with Gasteiger partial charge in [0.05, 0.1) is 0 Å². The summed E-state index contributed by atoms with van der Waals surface area (Å²) in [4.78, 5) is 0. The van der Waals surface area contributed by atoms with E-state index in [-0.39, 0.29) is 0 Å². The molecule has 3 heteroatoms. The van der Waals surface area contributed by atoms with Gasteiger partial charge in [-0.2, -0.15) is 0 Å². The maximum atomic E-state index is 6.04. The molecule has 1 aromatic carbocycles. The Morgan fingerprint density at radius 3 is 3.00 bits per heavy atom. The number of aryl methyl sites for hydroxylation is 1. The van der Waals surface area contributed by atoms with Crippen molar-refractivity contribution in [2.24, 2.45) is 0 Å². The summed E-state index contributed by atoms with van der Waals surface area (Å²) in [5.41, 5.74) is 1.15. The SMILES string of the molecule is CCNC1CCC(Oc2cc(Cl)ccc2C)C1. The molecule has 94 valence electrons. The van der Waals surface area contributed by atoms with E-state index in [9.17, 15) is 0 Å². The van der Waals surface area contributed by atoms with Crippen LogP contribution in [0.3, 0.4) is 0 Å². The Balaban J connectivity index is 1.95. The van der Waals surface area contributed by atoms with Gasteiger partial charge in [0.15, 0.2) is 0 Å². The number of ether oxygens (including phenoxy) is 1. The van der Waals surface area contributed by atoms with Gasteiger partial charge in [0.2, 0.25) is 0 Å². The number of halogens is 1. The van der Waals surface area contributed by atoms with Gasteiger partial charge in [0.1, 0.15) is 11.9 Å². The molecular weight excluding hydrogens is 234 g/mol. The van der Waals surface area contributed by atoms with Gasteiger partial charge in [-0.05, 0) is 50.4 Å². The molecule has 17 heavy (non-hydrogen) atoms. The largest absolute Gasteiger partial charge is 0.490 e. The molecule has 2 atom stereocenters. The van der Waals surface area contributed by atoms with Crippen molar-refractivity contribution in [2.45, 2.75) is 45.3 Å². The summed E-state index contributed by atoms with van der Waals surface area (Å²) < 4.78 is 6.04. The molecule has 1 aromatic rings. The Morgan fingerprint density at radius 2 is 2.24 bits per heavy atom. The van der Waals surface area contributed by atoms with Gasteiger partial charge in [-0.3, -0.25) is 0 Å². The lowest BCUT2D eigenvalue weighted by molar-refractivity contribution is 0.205. The molecule has 0 aliphatic heterocycles. The monoisotopic (exact) mass is 253 g/mol. The summed E-state index contributed by atoms with van der Waals surface area (Å²) in [6, 6.07) is 6.44. The van der Waals surface area contributed by atoms with Gasteiger partial charge in [0.25, 0.3) is 0 Å². The number of rotatable bonds is 4. The molecule has 2 unspecified atom stereocenters. The van der Waals surface area contributed by atoms with E-state index in [4.69, 9.17) is 16.3 Å². The molecule has 0 saturated heterocycles. The second-order valence-corrected chi connectivity index (χ2v) is 5.15. The highest BCUT2D eigenvalue weighted by Crippen LogP contribution is 2.28. The van der Waals surface area contributed by atoms with E-state index in [0.29, 0.717) is 12.1 Å². The highest BCUT2D eigenvalue weighted by Gasteiger charge is 2.25. The molecule has 1 saturated carbocycles. The van der Waals surface area contributed by atoms with Crippen LogP contribution in [0.1, 0.15) is 31.7 Å². The average molecular weight is 254 g/mol. The van der Waals surface area contributed by atoms with Crippen molar-refractivity contribution >= 4 is 11.6 Å². The van der Waals surface area contributed by atoms with Crippen LogP contribution in [0.2, 0.25) is 5.02 Å². The zero-order chi connectivity index (χ0) is 12.3. The standard InChI is InChI=1S/C14H20ClNO/c1-3-16-12-6-7-13(9-12)17-14-8-11(15)5-4-10(14)2/h4-5,8,12-13,16H,3,6-7,9H2,1-2H3. The highest BCUT2D eigenvalue weighted by molar-refractivity contribution is 6.30. The van der Waals surface area contributed by atoms with E-state index in [2.05, 4.69) is 19.2 Å². The molecule has 2 nitrogen and oxygen atoms in total. The second-order valence-electron chi connectivity index (χ2n) is 4.72. The van der Waals surface area contributed by atoms with Crippen LogP contribution in [0.15, 0.2) is 18.2 Å². The van der Waals surface area contributed by atoms with Crippen molar-refractivity contribution in [3.05, 3.63) is 28.8 Å². The minimum absolute atomic E-state index is 0.330. The summed E-state index contributed by atoms with van der Waals surface area (Å²) in [6.07, 6.45) is 3.76. The molecule has 1 fully saturated rings. The maximum absolute atomic E-state index is 6.04. The van der Waals surface area contributed by atoms with Gasteiger partial charge in [-0.1, -0.05) is 24.6 Å². The Morgan fingerprint density at radius 1 is 1.41 bits per heavy atom. The zero-order valence-electron chi connectivity index (χ0n) is 10.5. The van der Waals surface area contributed by atoms with Gasteiger partial charge < -0.3 is 10.1 Å². The van der Waals surface area contributed by atoms with E-state index < -0.39 is 0 Å². The predicted octanol–water partition coefficient (Wildman–Crippen LogP) is 3.56. The highest BCUT2D eigenvalue weighted by atomic mass is 35.5. The maximum Gasteiger partial charge on any atom is 0.124 e. The van der Waals surface area contributed by atoms with Gasteiger partial charge in [0, 0.05) is 11.1 Å². The van der Waals surface area contributed by atoms with Gasteiger partial charge >= 0.3 is 0 Å². The van der Waals surface area contributed by atoms with Crippen LogP contribution in [-0.2, 0) is 0 Å². The van der Waals surface area contributed by atoms with Crippen LogP contribution in [0, 0.1) is 6.92 Å². The first kappa shape index (κ1) is 12.7. The molecule has 0 amide bonds. The Labute approximate surface area is 108 Å². The molecule has 0 radical (unpaired) electrons. The lowest BCUT2D eigenvalue weighted by Crippen LogP contribution is -2.27. The average Bonchev–Trinajstić information content (AvgIpc) is 2.72. The van der Waals surface area contributed by atoms with Crippen molar-refractivity contribution in [3.8, 4) is 5.75 Å². The Hall–Kier alpha value is -0.730. The molecule has 0 heterocycles. The number of hydrogen-bond acceptors (Lipinski definition) is 2. The predicted molar refractivity (Wildman–Crippen MR) is 71.9 cm³/mol. The van der Waals surface area contributed by atoms with E-state index in [1.807, 2.05) is 18.2 Å². The molecule has 1 aliphatic carbocycles. The normalized spacial score (nSPS) is 23.9. The number of benzene rings is 1. The molecule has 0 aromatic heterocycles. The minimum atomic E-state index is 0.330. The Kier molecular flexibility index (Phi) is 4.30. The zero-order valence-corrected chi connectivity index (χ0v) is 11.3. The summed E-state index contributed by atoms with van der Waals surface area (Å²) in [5.74, 6) is 0.930. The smallest absolute Gasteiger partial charge is 0.124 e. The summed E-state index contributed by atoms with van der Waals surface area (Å²) in [6.45, 7) is 5.24. The van der Waals surface area contributed by atoms with E-state index in [0.717, 1.165) is 35.7 Å². The quantitative estimate of drug-likeness (QED) is 0.886. The molecule has 1 N–H and O–H groups in total. The van der Waals surface area contributed by atoms with Crippen LogP contribution < -0.4 is 10.1 Å². The molecular formula is C14H20ClNO. The summed E-state index contributed by atoms with van der Waals surface area (Å²) in [5, 5.41) is 4.22. The summed E-state index contributed by atoms with van der Waals surface area (Å²) >= 11 is 5.99. The fourth-order valence-corrected chi connectivity index (χ4v) is 2.56. The lowest BCUT2D eigenvalue weighted by atomic mass is 10.2. The van der Waals surface area contributed by atoms with Crippen LogP contribution in [0.25, 0.3) is 0 Å². The molecule has 1 aliphatic rings. The van der Waals surface area contributed by atoms with Crippen molar-refractivity contribution in [1.29, 1.82) is 0 Å². The molecule has 2 rings (SSSR count). The summed E-state index contributed by atoms with van der Waals surface area (Å²) in [7, 11) is 0. The first-order valence-electron chi connectivity index (χ1n) is 6.35. The van der Waals surface area contributed by atoms with Crippen LogP contribution in [0.4, 0.5) is 0 Å². The minimum Gasteiger partial charge on any atom is -0.490 e. The number of hydrogen-bond donors (Lipinski definition) is 1. The molecule has 0 spiro atoms. The second kappa shape index (κ2) is 5.74. The fourth-order valence-electron chi connectivity index (χ4n) is 2.40. The lowest BCUT2D eigenvalue weighted by Gasteiger charge is -2.16. The van der Waals surface area contributed by atoms with E-state index in [1.54, 1.807) is 0 Å². The molecule has 0 bridgehead atoms.